The van der Waals surface area contributed by atoms with E-state index in [1.54, 1.807) is 0 Å². The van der Waals surface area contributed by atoms with Gasteiger partial charge in [0.05, 0.1) is 19.4 Å². The van der Waals surface area contributed by atoms with Gasteiger partial charge in [-0.1, -0.05) is 103 Å². The molecule has 1 N–H and O–H groups in total. The Morgan fingerprint density at radius 1 is 0.625 bits per heavy atom. The van der Waals surface area contributed by atoms with Gasteiger partial charge in [-0.3, -0.25) is 14.1 Å². The van der Waals surface area contributed by atoms with Gasteiger partial charge in [0.25, 0.3) is 0 Å². The quantitative estimate of drug-likeness (QED) is 0.106. The van der Waals surface area contributed by atoms with Crippen molar-refractivity contribution in [1.29, 1.82) is 0 Å². The fourth-order valence-corrected chi connectivity index (χ4v) is 3.59. The molecule has 182 valence electrons. The third kappa shape index (κ3) is 30.9. The van der Waals surface area contributed by atoms with Crippen LogP contribution in [0.4, 0.5) is 0 Å². The summed E-state index contributed by atoms with van der Waals surface area (Å²) in [7, 11) is -4.82. The Balaban J connectivity index is -0.00000420. The standard InChI is InChI=1S/C22H42O7S.2Na.2H/c1-2-3-4-5-6-7-8-9-10-11-12-13-14-15-16-17-20-28-21(23)18-19-22(24)29-30(25,26)27;;;;/h2-20H2,1H3,(H,25,26,27);;;;. The Morgan fingerprint density at radius 3 is 1.34 bits per heavy atom. The SMILES string of the molecule is CCCCCCCCCCCCCCCCCCOC(=O)CCC(=O)OS(=O)(=O)O.[NaH].[NaH]. The van der Waals surface area contributed by atoms with Crippen molar-refractivity contribution in [3.63, 3.8) is 0 Å². The Labute approximate surface area is 240 Å². The Kier molecular flexibility index (Phi) is 30.9. The van der Waals surface area contributed by atoms with E-state index in [0.717, 1.165) is 19.3 Å². The van der Waals surface area contributed by atoms with Crippen LogP contribution in [-0.4, -0.2) is 90.6 Å². The van der Waals surface area contributed by atoms with Crippen molar-refractivity contribution in [2.24, 2.45) is 0 Å². The molecule has 32 heavy (non-hydrogen) atoms. The molecule has 0 radical (unpaired) electrons. The van der Waals surface area contributed by atoms with Gasteiger partial charge in [0.1, 0.15) is 0 Å². The second-order valence-corrected chi connectivity index (χ2v) is 8.93. The van der Waals surface area contributed by atoms with E-state index in [4.69, 9.17) is 9.29 Å². The first-order valence-corrected chi connectivity index (χ1v) is 13.1. The molecule has 0 unspecified atom stereocenters. The van der Waals surface area contributed by atoms with Gasteiger partial charge in [-0.25, -0.2) is 0 Å². The minimum atomic E-state index is -4.82. The summed E-state index contributed by atoms with van der Waals surface area (Å²) in [5, 5.41) is 0. The summed E-state index contributed by atoms with van der Waals surface area (Å²) in [6.07, 6.45) is 19.6. The molecule has 0 heterocycles. The van der Waals surface area contributed by atoms with Crippen LogP contribution in [0.15, 0.2) is 0 Å². The van der Waals surface area contributed by atoms with Gasteiger partial charge in [0.2, 0.25) is 0 Å². The summed E-state index contributed by atoms with van der Waals surface area (Å²) in [5.74, 6) is -1.76. The zero-order chi connectivity index (χ0) is 22.5. The molecular weight excluding hydrogens is 454 g/mol. The van der Waals surface area contributed by atoms with Crippen LogP contribution in [0.1, 0.15) is 122 Å². The molecule has 0 rings (SSSR count). The van der Waals surface area contributed by atoms with Crippen molar-refractivity contribution in [3.05, 3.63) is 0 Å². The minimum absolute atomic E-state index is 0. The topological polar surface area (TPSA) is 107 Å². The maximum atomic E-state index is 11.4. The molecule has 10 heteroatoms. The van der Waals surface area contributed by atoms with E-state index in [2.05, 4.69) is 11.1 Å². The predicted molar refractivity (Wildman–Crippen MR) is 132 cm³/mol. The number of hydrogen-bond acceptors (Lipinski definition) is 6. The molecule has 0 aromatic carbocycles. The second kappa shape index (κ2) is 26.5. The van der Waals surface area contributed by atoms with Gasteiger partial charge >= 0.3 is 81.5 Å². The number of hydrogen-bond donors (Lipinski definition) is 1. The fraction of sp³-hybridized carbons (Fsp3) is 0.909. The van der Waals surface area contributed by atoms with Gasteiger partial charge < -0.3 is 8.92 Å². The van der Waals surface area contributed by atoms with Crippen LogP contribution in [0, 0.1) is 0 Å². The second-order valence-electron chi connectivity index (χ2n) is 7.91. The van der Waals surface area contributed by atoms with Crippen LogP contribution >= 0.6 is 0 Å². The molecular formula is C22H44Na2O7S. The average molecular weight is 499 g/mol. The van der Waals surface area contributed by atoms with Crippen LogP contribution in [0.3, 0.4) is 0 Å². The van der Waals surface area contributed by atoms with Crippen molar-refractivity contribution in [2.45, 2.75) is 122 Å². The Morgan fingerprint density at radius 2 is 0.969 bits per heavy atom. The molecule has 0 atom stereocenters. The van der Waals surface area contributed by atoms with Crippen molar-refractivity contribution in [3.8, 4) is 0 Å². The van der Waals surface area contributed by atoms with Crippen LogP contribution in [0.5, 0.6) is 0 Å². The number of unbranched alkanes of at least 4 members (excludes halogenated alkanes) is 15. The van der Waals surface area contributed by atoms with E-state index in [9.17, 15) is 18.0 Å². The normalized spacial score (nSPS) is 10.7. The molecule has 0 spiro atoms. The molecule has 0 aromatic rings. The summed E-state index contributed by atoms with van der Waals surface area (Å²) in [5.41, 5.74) is 0. The van der Waals surface area contributed by atoms with Crippen LogP contribution in [0.25, 0.3) is 0 Å². The number of esters is 1. The zero-order valence-corrected chi connectivity index (χ0v) is 19.6. The molecule has 0 aliphatic carbocycles. The van der Waals surface area contributed by atoms with E-state index >= 15 is 0 Å². The van der Waals surface area contributed by atoms with Gasteiger partial charge in [-0.2, -0.15) is 8.42 Å². The van der Waals surface area contributed by atoms with Gasteiger partial charge in [-0.15, -0.1) is 0 Å². The van der Waals surface area contributed by atoms with Crippen LogP contribution in [-0.2, 0) is 28.9 Å². The number of carbonyl (C=O) groups excluding carboxylic acids is 2. The summed E-state index contributed by atoms with van der Waals surface area (Å²) in [6.45, 7) is 2.55. The molecule has 0 bridgehead atoms. The molecule has 0 saturated heterocycles. The van der Waals surface area contributed by atoms with Crippen LogP contribution in [0.2, 0.25) is 0 Å². The Hall–Kier alpha value is 0.850. The van der Waals surface area contributed by atoms with Gasteiger partial charge in [0.15, 0.2) is 0 Å². The first-order valence-electron chi connectivity index (χ1n) is 11.7. The summed E-state index contributed by atoms with van der Waals surface area (Å²) in [4.78, 5) is 22.5. The van der Waals surface area contributed by atoms with Gasteiger partial charge in [-0.05, 0) is 6.42 Å². The third-order valence-corrected chi connectivity index (χ3v) is 5.39. The number of carbonyl (C=O) groups is 2. The van der Waals surface area contributed by atoms with Crippen molar-refractivity contribution in [1.82, 2.24) is 0 Å². The van der Waals surface area contributed by atoms with Crippen molar-refractivity contribution in [2.75, 3.05) is 6.61 Å². The molecule has 0 amide bonds. The average Bonchev–Trinajstić information content (AvgIpc) is 2.67. The molecule has 0 saturated carbocycles. The third-order valence-electron chi connectivity index (χ3n) is 4.99. The van der Waals surface area contributed by atoms with E-state index in [1.165, 1.54) is 83.5 Å². The predicted octanol–water partition coefficient (Wildman–Crippen LogP) is 4.62. The van der Waals surface area contributed by atoms with Crippen LogP contribution < -0.4 is 0 Å². The summed E-state index contributed by atoms with van der Waals surface area (Å²) < 4.78 is 37.7. The number of ether oxygens (including phenoxy) is 1. The molecule has 7 nitrogen and oxygen atoms in total. The van der Waals surface area contributed by atoms with E-state index < -0.39 is 28.8 Å². The summed E-state index contributed by atoms with van der Waals surface area (Å²) in [6, 6.07) is 0. The fourth-order valence-electron chi connectivity index (χ4n) is 3.27. The molecule has 0 aliphatic heterocycles. The van der Waals surface area contributed by atoms with Crippen molar-refractivity contribution >= 4 is 81.5 Å². The maximum absolute atomic E-state index is 11.4. The zero-order valence-electron chi connectivity index (χ0n) is 18.7. The first kappa shape index (κ1) is 37.4. The Bertz CT molecular complexity index is 542. The monoisotopic (exact) mass is 498 g/mol. The number of rotatable bonds is 21. The summed E-state index contributed by atoms with van der Waals surface area (Å²) >= 11 is 0. The van der Waals surface area contributed by atoms with Gasteiger partial charge in [0, 0.05) is 0 Å². The molecule has 0 aliphatic rings. The van der Waals surface area contributed by atoms with E-state index in [-0.39, 0.29) is 65.5 Å². The van der Waals surface area contributed by atoms with Crippen molar-refractivity contribution < 1.29 is 31.5 Å². The first-order chi connectivity index (χ1) is 14.3. The van der Waals surface area contributed by atoms with E-state index in [1.807, 2.05) is 0 Å². The van der Waals surface area contributed by atoms with E-state index in [0.29, 0.717) is 6.61 Å². The molecule has 0 fully saturated rings. The molecule has 0 aromatic heterocycles.